The van der Waals surface area contributed by atoms with Crippen molar-refractivity contribution in [3.63, 3.8) is 0 Å². The van der Waals surface area contributed by atoms with Crippen LogP contribution in [0.5, 0.6) is 0 Å². The van der Waals surface area contributed by atoms with Gasteiger partial charge in [-0.15, -0.1) is 11.3 Å². The van der Waals surface area contributed by atoms with Crippen LogP contribution in [0.3, 0.4) is 0 Å². The van der Waals surface area contributed by atoms with Crippen LogP contribution in [0.2, 0.25) is 0 Å². The molecule has 0 amide bonds. The largest absolute Gasteiger partial charge is 0.383 e. The number of carbonyl (C=O) groups excluding carboxylic acids is 1. The molecule has 1 atom stereocenters. The molecule has 0 bridgehead atoms. The lowest BCUT2D eigenvalue weighted by atomic mass is 10.0. The van der Waals surface area contributed by atoms with Crippen molar-refractivity contribution in [2.75, 3.05) is 31.9 Å². The van der Waals surface area contributed by atoms with Gasteiger partial charge < -0.3 is 10.5 Å². The van der Waals surface area contributed by atoms with Crippen LogP contribution in [0.1, 0.15) is 31.7 Å². The number of fused-ring (bicyclic) bond motifs is 1. The van der Waals surface area contributed by atoms with Crippen molar-refractivity contribution in [1.29, 1.82) is 0 Å². The number of hydrogen-bond donors (Lipinski definition) is 1. The molecular formula is C26H29N7OS. The zero-order valence-electron chi connectivity index (χ0n) is 19.6. The lowest BCUT2D eigenvalue weighted by Gasteiger charge is -2.39. The molecule has 2 aliphatic heterocycles. The number of piperidine rings is 1. The van der Waals surface area contributed by atoms with E-state index >= 15 is 0 Å². The fraction of sp³-hybridized carbons (Fsp3) is 0.385. The van der Waals surface area contributed by atoms with Gasteiger partial charge in [0, 0.05) is 43.2 Å². The maximum Gasteiger partial charge on any atom is 0.134 e. The summed E-state index contributed by atoms with van der Waals surface area (Å²) in [5, 5.41) is 5.59. The number of para-hydroxylation sites is 1. The second-order valence-electron chi connectivity index (χ2n) is 9.40. The van der Waals surface area contributed by atoms with Crippen LogP contribution in [0.4, 0.5) is 5.82 Å². The van der Waals surface area contributed by atoms with Gasteiger partial charge in [-0.2, -0.15) is 5.10 Å². The van der Waals surface area contributed by atoms with E-state index < -0.39 is 0 Å². The molecule has 4 aromatic rings. The zero-order valence-corrected chi connectivity index (χ0v) is 20.4. The summed E-state index contributed by atoms with van der Waals surface area (Å²) in [6, 6.07) is 10.6. The molecule has 35 heavy (non-hydrogen) atoms. The summed E-state index contributed by atoms with van der Waals surface area (Å²) in [6.45, 7) is 3.64. The first-order chi connectivity index (χ1) is 17.2. The van der Waals surface area contributed by atoms with E-state index in [0.29, 0.717) is 24.6 Å². The number of rotatable bonds is 6. The number of nitrogen functional groups attached to an aromatic ring is 1. The molecule has 9 heteroatoms. The van der Waals surface area contributed by atoms with E-state index in [9.17, 15) is 4.79 Å². The Hall–Kier alpha value is -3.14. The lowest BCUT2D eigenvalue weighted by Crippen LogP contribution is -2.48. The summed E-state index contributed by atoms with van der Waals surface area (Å²) in [5.74, 6) is 0.489. The summed E-state index contributed by atoms with van der Waals surface area (Å²) in [4.78, 5) is 25.1. The fourth-order valence-electron chi connectivity index (χ4n) is 5.46. The molecule has 1 aromatic carbocycles. The summed E-state index contributed by atoms with van der Waals surface area (Å²) in [5.41, 5.74) is 10.1. The minimum atomic E-state index is 0.381. The number of carbonyl (C=O) groups is 1. The molecular weight excluding hydrogens is 458 g/mol. The molecule has 2 fully saturated rings. The Bertz CT molecular complexity index is 1310. The molecule has 0 spiro atoms. The number of anilines is 1. The first-order valence-corrected chi connectivity index (χ1v) is 13.1. The Morgan fingerprint density at radius 3 is 2.77 bits per heavy atom. The third kappa shape index (κ3) is 4.35. The van der Waals surface area contributed by atoms with Crippen LogP contribution in [-0.4, -0.2) is 68.2 Å². The van der Waals surface area contributed by atoms with Gasteiger partial charge in [-0.1, -0.05) is 12.1 Å². The van der Waals surface area contributed by atoms with Crippen LogP contribution in [0.15, 0.2) is 48.9 Å². The number of aldehydes is 1. The van der Waals surface area contributed by atoms with E-state index in [2.05, 4.69) is 37.8 Å². The van der Waals surface area contributed by atoms with Gasteiger partial charge in [-0.25, -0.2) is 9.97 Å². The topological polar surface area (TPSA) is 93.2 Å². The highest BCUT2D eigenvalue weighted by Crippen LogP contribution is 2.35. The maximum absolute atomic E-state index is 11.0. The van der Waals surface area contributed by atoms with E-state index in [0.717, 1.165) is 77.1 Å². The minimum Gasteiger partial charge on any atom is -0.383 e. The Labute approximate surface area is 208 Å². The zero-order chi connectivity index (χ0) is 23.8. The second kappa shape index (κ2) is 9.49. The number of hydrogen-bond acceptors (Lipinski definition) is 8. The number of nitrogens with two attached hydrogens (primary N) is 1. The third-order valence-electron chi connectivity index (χ3n) is 7.31. The fourth-order valence-corrected chi connectivity index (χ4v) is 6.45. The number of benzene rings is 1. The third-order valence-corrected chi connectivity index (χ3v) is 8.38. The van der Waals surface area contributed by atoms with Crippen molar-refractivity contribution in [2.24, 2.45) is 0 Å². The van der Waals surface area contributed by atoms with E-state index in [1.807, 2.05) is 30.6 Å². The quantitative estimate of drug-likeness (QED) is 0.410. The number of thiazole rings is 1. The van der Waals surface area contributed by atoms with E-state index in [1.54, 1.807) is 11.3 Å². The monoisotopic (exact) mass is 487 g/mol. The highest BCUT2D eigenvalue weighted by Gasteiger charge is 2.32. The predicted octanol–water partition coefficient (Wildman–Crippen LogP) is 4.06. The van der Waals surface area contributed by atoms with Gasteiger partial charge in [0.05, 0.1) is 40.7 Å². The number of aromatic nitrogens is 4. The Balaban J connectivity index is 1.17. The van der Waals surface area contributed by atoms with Gasteiger partial charge in [0.1, 0.15) is 17.1 Å². The van der Waals surface area contributed by atoms with Crippen molar-refractivity contribution in [1.82, 2.24) is 29.5 Å². The van der Waals surface area contributed by atoms with Gasteiger partial charge in [0.2, 0.25) is 0 Å². The van der Waals surface area contributed by atoms with Gasteiger partial charge >= 0.3 is 0 Å². The molecule has 5 heterocycles. The molecule has 180 valence electrons. The first-order valence-electron chi connectivity index (χ1n) is 12.3. The van der Waals surface area contributed by atoms with Gasteiger partial charge in [-0.05, 0) is 43.9 Å². The second-order valence-corrected chi connectivity index (χ2v) is 10.4. The van der Waals surface area contributed by atoms with Crippen molar-refractivity contribution < 1.29 is 4.79 Å². The number of likely N-dealkylation sites (tertiary alicyclic amines) is 2. The molecule has 1 unspecified atom stereocenters. The van der Waals surface area contributed by atoms with Crippen LogP contribution >= 0.6 is 11.3 Å². The number of pyridine rings is 1. The average molecular weight is 488 g/mol. The normalized spacial score (nSPS) is 20.1. The predicted molar refractivity (Wildman–Crippen MR) is 139 cm³/mol. The van der Waals surface area contributed by atoms with Gasteiger partial charge in [0.25, 0.3) is 0 Å². The smallest absolute Gasteiger partial charge is 0.134 e. The maximum atomic E-state index is 11.0. The number of nitrogens with zero attached hydrogens (tertiary/aromatic N) is 6. The molecule has 0 radical (unpaired) electrons. The Morgan fingerprint density at radius 2 is 1.94 bits per heavy atom. The summed E-state index contributed by atoms with van der Waals surface area (Å²) >= 11 is 1.63. The minimum absolute atomic E-state index is 0.381. The molecule has 0 aliphatic carbocycles. The summed E-state index contributed by atoms with van der Waals surface area (Å²) in [6.07, 6.45) is 11.8. The molecule has 8 nitrogen and oxygen atoms in total. The lowest BCUT2D eigenvalue weighted by molar-refractivity contribution is -0.110. The van der Waals surface area contributed by atoms with Crippen LogP contribution in [0.25, 0.3) is 31.9 Å². The highest BCUT2D eigenvalue weighted by molar-refractivity contribution is 7.21. The standard InChI is InChI=1S/C26H29N7OS/c27-25-21(26-30-22-4-1-2-5-23(22)35-26)14-18(15-28-25)19-16-29-33(17-19)20-7-10-32(11-8-20)24-6-3-9-31(24)12-13-34/h1-2,4-5,13-17,20,24H,3,6-12H2,(H2,27,28). The van der Waals surface area contributed by atoms with E-state index in [-0.39, 0.29) is 0 Å². The van der Waals surface area contributed by atoms with Gasteiger partial charge in [0.15, 0.2) is 0 Å². The Morgan fingerprint density at radius 1 is 1.09 bits per heavy atom. The van der Waals surface area contributed by atoms with E-state index in [1.165, 1.54) is 6.42 Å². The molecule has 0 saturated carbocycles. The molecule has 2 saturated heterocycles. The van der Waals surface area contributed by atoms with Crippen molar-refractivity contribution in [3.8, 4) is 21.7 Å². The van der Waals surface area contributed by atoms with Crippen LogP contribution < -0.4 is 5.73 Å². The van der Waals surface area contributed by atoms with Gasteiger partial charge in [-0.3, -0.25) is 14.5 Å². The van der Waals surface area contributed by atoms with Crippen molar-refractivity contribution in [2.45, 2.75) is 37.9 Å². The summed E-state index contributed by atoms with van der Waals surface area (Å²) in [7, 11) is 0. The van der Waals surface area contributed by atoms with Crippen molar-refractivity contribution >= 4 is 33.7 Å². The molecule has 6 rings (SSSR count). The highest BCUT2D eigenvalue weighted by atomic mass is 32.1. The van der Waals surface area contributed by atoms with Crippen LogP contribution in [0, 0.1) is 0 Å². The summed E-state index contributed by atoms with van der Waals surface area (Å²) < 4.78 is 3.25. The first kappa shape index (κ1) is 22.3. The van der Waals surface area contributed by atoms with Crippen LogP contribution in [-0.2, 0) is 4.79 Å². The molecule has 2 N–H and O–H groups in total. The van der Waals surface area contributed by atoms with Crippen molar-refractivity contribution in [3.05, 3.63) is 48.9 Å². The SMILES string of the molecule is Nc1ncc(-c2cnn(C3CCN(C4CCCN4CC=O)CC3)c2)cc1-c1nc2ccccc2s1. The molecule has 2 aliphatic rings. The van der Waals surface area contributed by atoms with E-state index in [4.69, 9.17) is 15.8 Å². The average Bonchev–Trinajstić information content (AvgIpc) is 3.64. The Kier molecular flexibility index (Phi) is 6.05. The molecule has 3 aromatic heterocycles.